The van der Waals surface area contributed by atoms with Crippen LogP contribution in [0.25, 0.3) is 16.2 Å². The third kappa shape index (κ3) is 3.29. The number of rotatable bonds is 5. The van der Waals surface area contributed by atoms with Crippen molar-refractivity contribution in [1.82, 2.24) is 19.9 Å². The lowest BCUT2D eigenvalue weighted by Gasteiger charge is -2.11. The van der Waals surface area contributed by atoms with Crippen molar-refractivity contribution in [3.63, 3.8) is 0 Å². The summed E-state index contributed by atoms with van der Waals surface area (Å²) in [5.41, 5.74) is 2.98. The van der Waals surface area contributed by atoms with Gasteiger partial charge in [-0.3, -0.25) is 4.79 Å². The fourth-order valence-corrected chi connectivity index (χ4v) is 3.73. The predicted octanol–water partition coefficient (Wildman–Crippen LogP) is 2.93. The quantitative estimate of drug-likeness (QED) is 0.763. The van der Waals surface area contributed by atoms with Crippen LogP contribution in [0.3, 0.4) is 0 Å². The zero-order valence-electron chi connectivity index (χ0n) is 14.1. The number of fused-ring (bicyclic) bond motifs is 1. The Morgan fingerprint density at radius 2 is 2.40 bits per heavy atom. The van der Waals surface area contributed by atoms with E-state index in [1.165, 1.54) is 0 Å². The van der Waals surface area contributed by atoms with Crippen LogP contribution < -0.4 is 5.32 Å². The minimum atomic E-state index is -0.161. The van der Waals surface area contributed by atoms with Gasteiger partial charge in [0.15, 0.2) is 5.65 Å². The van der Waals surface area contributed by atoms with E-state index in [-0.39, 0.29) is 12.0 Å². The maximum Gasteiger partial charge on any atom is 0.270 e. The zero-order valence-corrected chi connectivity index (χ0v) is 14.9. The second kappa shape index (κ2) is 6.93. The van der Waals surface area contributed by atoms with Crippen LogP contribution in [0.5, 0.6) is 0 Å². The van der Waals surface area contributed by atoms with Gasteiger partial charge in [0, 0.05) is 24.9 Å². The van der Waals surface area contributed by atoms with Crippen molar-refractivity contribution in [2.24, 2.45) is 0 Å². The van der Waals surface area contributed by atoms with Crippen molar-refractivity contribution in [3.05, 3.63) is 41.0 Å². The number of aryl methyl sites for hydroxylation is 1. The molecule has 0 saturated carbocycles. The first-order valence-corrected chi connectivity index (χ1v) is 9.46. The van der Waals surface area contributed by atoms with E-state index in [1.807, 2.05) is 34.2 Å². The van der Waals surface area contributed by atoms with Gasteiger partial charge in [-0.2, -0.15) is 5.10 Å². The van der Waals surface area contributed by atoms with E-state index < -0.39 is 0 Å². The molecule has 4 heterocycles. The van der Waals surface area contributed by atoms with Gasteiger partial charge in [-0.25, -0.2) is 9.50 Å². The van der Waals surface area contributed by atoms with E-state index >= 15 is 0 Å². The number of ether oxygens (including phenoxy) is 1. The molecule has 130 valence electrons. The SMILES string of the molecule is CCc1cc(C(=O)NC[C@@H]2CCCO2)nc2cc(-c3cccs3)nn12. The molecule has 0 bridgehead atoms. The highest BCUT2D eigenvalue weighted by molar-refractivity contribution is 7.13. The highest BCUT2D eigenvalue weighted by Gasteiger charge is 2.18. The van der Waals surface area contributed by atoms with Crippen LogP contribution in [0.15, 0.2) is 29.6 Å². The monoisotopic (exact) mass is 356 g/mol. The largest absolute Gasteiger partial charge is 0.376 e. The fraction of sp³-hybridized carbons (Fsp3) is 0.389. The van der Waals surface area contributed by atoms with Crippen molar-refractivity contribution in [3.8, 4) is 10.6 Å². The normalized spacial score (nSPS) is 17.2. The van der Waals surface area contributed by atoms with E-state index in [1.54, 1.807) is 11.3 Å². The van der Waals surface area contributed by atoms with Gasteiger partial charge in [-0.15, -0.1) is 11.3 Å². The molecule has 1 aliphatic rings. The molecule has 1 amide bonds. The Morgan fingerprint density at radius 3 is 3.12 bits per heavy atom. The molecule has 25 heavy (non-hydrogen) atoms. The first kappa shape index (κ1) is 16.2. The third-order valence-corrected chi connectivity index (χ3v) is 5.28. The van der Waals surface area contributed by atoms with E-state index in [9.17, 15) is 4.79 Å². The molecule has 1 N–H and O–H groups in total. The van der Waals surface area contributed by atoms with E-state index in [4.69, 9.17) is 4.74 Å². The van der Waals surface area contributed by atoms with E-state index in [2.05, 4.69) is 22.3 Å². The van der Waals surface area contributed by atoms with Gasteiger partial charge in [0.05, 0.1) is 11.0 Å². The van der Waals surface area contributed by atoms with E-state index in [0.717, 1.165) is 42.1 Å². The van der Waals surface area contributed by atoms with Crippen LogP contribution in [0.4, 0.5) is 0 Å². The summed E-state index contributed by atoms with van der Waals surface area (Å²) in [4.78, 5) is 18.1. The Balaban J connectivity index is 1.61. The molecular weight excluding hydrogens is 336 g/mol. The van der Waals surface area contributed by atoms with Crippen molar-refractivity contribution >= 4 is 22.9 Å². The molecule has 1 saturated heterocycles. The fourth-order valence-electron chi connectivity index (χ4n) is 3.05. The van der Waals surface area contributed by atoms with Gasteiger partial charge in [-0.05, 0) is 36.8 Å². The standard InChI is InChI=1S/C18H20N4O2S/c1-2-12-9-15(18(23)19-11-13-5-3-7-24-13)20-17-10-14(21-22(12)17)16-6-4-8-25-16/h4,6,8-10,13H,2-3,5,7,11H2,1H3,(H,19,23)/t13-/m0/s1. The van der Waals surface area contributed by atoms with Crippen LogP contribution >= 0.6 is 11.3 Å². The number of hydrogen-bond acceptors (Lipinski definition) is 5. The third-order valence-electron chi connectivity index (χ3n) is 4.38. The zero-order chi connectivity index (χ0) is 17.2. The highest BCUT2D eigenvalue weighted by atomic mass is 32.1. The maximum absolute atomic E-state index is 12.5. The molecule has 4 rings (SSSR count). The Kier molecular flexibility index (Phi) is 4.50. The van der Waals surface area contributed by atoms with Crippen molar-refractivity contribution in [1.29, 1.82) is 0 Å². The molecule has 7 heteroatoms. The van der Waals surface area contributed by atoms with Gasteiger partial charge >= 0.3 is 0 Å². The van der Waals surface area contributed by atoms with Crippen molar-refractivity contribution in [2.75, 3.05) is 13.2 Å². The first-order valence-electron chi connectivity index (χ1n) is 8.58. The van der Waals surface area contributed by atoms with E-state index in [0.29, 0.717) is 17.9 Å². The summed E-state index contributed by atoms with van der Waals surface area (Å²) in [6.07, 6.45) is 2.96. The van der Waals surface area contributed by atoms with Gasteiger partial charge in [0.25, 0.3) is 5.91 Å². The van der Waals surface area contributed by atoms with Crippen LogP contribution in [-0.4, -0.2) is 39.8 Å². The lowest BCUT2D eigenvalue weighted by molar-refractivity contribution is 0.0853. The van der Waals surface area contributed by atoms with Gasteiger partial charge in [0.1, 0.15) is 11.4 Å². The number of hydrogen-bond donors (Lipinski definition) is 1. The second-order valence-electron chi connectivity index (χ2n) is 6.11. The predicted molar refractivity (Wildman–Crippen MR) is 97.0 cm³/mol. The molecule has 1 aliphatic heterocycles. The molecule has 3 aromatic heterocycles. The van der Waals surface area contributed by atoms with Crippen LogP contribution in [0.1, 0.15) is 35.9 Å². The van der Waals surface area contributed by atoms with Crippen molar-refractivity contribution < 1.29 is 9.53 Å². The molecule has 0 aliphatic carbocycles. The molecule has 1 atom stereocenters. The number of thiophene rings is 1. The summed E-state index contributed by atoms with van der Waals surface area (Å²) in [7, 11) is 0. The maximum atomic E-state index is 12.5. The number of amides is 1. The van der Waals surface area contributed by atoms with Crippen LogP contribution in [0.2, 0.25) is 0 Å². The second-order valence-corrected chi connectivity index (χ2v) is 7.06. The number of carbonyl (C=O) groups excluding carboxylic acids is 1. The molecule has 3 aromatic rings. The van der Waals surface area contributed by atoms with Crippen LogP contribution in [0, 0.1) is 0 Å². The number of nitrogens with one attached hydrogen (secondary N) is 1. The molecule has 0 spiro atoms. The summed E-state index contributed by atoms with van der Waals surface area (Å²) in [6, 6.07) is 7.79. The average Bonchev–Trinajstić information content (AvgIpc) is 3.39. The number of carbonyl (C=O) groups is 1. The first-order chi connectivity index (χ1) is 12.2. The Labute approximate surface area is 149 Å². The Bertz CT molecular complexity index is 882. The summed E-state index contributed by atoms with van der Waals surface area (Å²) >= 11 is 1.64. The highest BCUT2D eigenvalue weighted by Crippen LogP contribution is 2.24. The lowest BCUT2D eigenvalue weighted by Crippen LogP contribution is -2.32. The summed E-state index contributed by atoms with van der Waals surface area (Å²) < 4.78 is 7.38. The number of aromatic nitrogens is 3. The van der Waals surface area contributed by atoms with Gasteiger partial charge in [-0.1, -0.05) is 13.0 Å². The van der Waals surface area contributed by atoms with Crippen LogP contribution in [-0.2, 0) is 11.2 Å². The van der Waals surface area contributed by atoms with Crippen molar-refractivity contribution in [2.45, 2.75) is 32.3 Å². The summed E-state index contributed by atoms with van der Waals surface area (Å²) in [5, 5.41) is 9.61. The summed E-state index contributed by atoms with van der Waals surface area (Å²) in [5.74, 6) is -0.161. The summed E-state index contributed by atoms with van der Waals surface area (Å²) in [6.45, 7) is 3.37. The minimum Gasteiger partial charge on any atom is -0.376 e. The molecule has 0 unspecified atom stereocenters. The van der Waals surface area contributed by atoms with Gasteiger partial charge < -0.3 is 10.1 Å². The molecule has 6 nitrogen and oxygen atoms in total. The Hall–Kier alpha value is -2.25. The molecule has 1 fully saturated rings. The Morgan fingerprint density at radius 1 is 1.48 bits per heavy atom. The number of nitrogens with zero attached hydrogens (tertiary/aromatic N) is 3. The lowest BCUT2D eigenvalue weighted by atomic mass is 10.2. The molecular formula is C18H20N4O2S. The average molecular weight is 356 g/mol. The molecule has 0 radical (unpaired) electrons. The molecule has 0 aromatic carbocycles. The topological polar surface area (TPSA) is 68.5 Å². The minimum absolute atomic E-state index is 0.124. The van der Waals surface area contributed by atoms with Gasteiger partial charge in [0.2, 0.25) is 0 Å². The smallest absolute Gasteiger partial charge is 0.270 e.